The second-order valence-electron chi connectivity index (χ2n) is 3.28. The first-order chi connectivity index (χ1) is 7.86. The second-order valence-corrected chi connectivity index (χ2v) is 3.28. The predicted molar refractivity (Wildman–Crippen MR) is 60.7 cm³/mol. The molecule has 0 unspecified atom stereocenters. The molecule has 5 nitrogen and oxygen atoms in total. The van der Waals surface area contributed by atoms with Crippen LogP contribution in [0, 0.1) is 0 Å². The van der Waals surface area contributed by atoms with Crippen molar-refractivity contribution in [3.8, 4) is 11.6 Å². The fraction of sp³-hybridized carbons (Fsp3) is 0.273. The Kier molecular flexibility index (Phi) is 3.16. The topological polar surface area (TPSA) is 66.0 Å². The molecule has 0 radical (unpaired) electrons. The maximum absolute atomic E-state index is 5.53. The number of pyridine rings is 1. The molecule has 2 heterocycles. The largest absolute Gasteiger partial charge is 0.493 e. The standard InChI is InChI=1S/C11H14N4O/c1-16-9-3-2-6-14-11(9)15-8-7-13-10(15)4-5-12/h2-3,6-8H,4-5,12H2,1H3. The molecule has 2 rings (SSSR count). The van der Waals surface area contributed by atoms with Crippen molar-refractivity contribution in [2.75, 3.05) is 13.7 Å². The number of methoxy groups -OCH3 is 1. The average molecular weight is 218 g/mol. The van der Waals surface area contributed by atoms with Crippen LogP contribution in [0.5, 0.6) is 5.75 Å². The number of rotatable bonds is 4. The number of hydrogen-bond donors (Lipinski definition) is 1. The van der Waals surface area contributed by atoms with Crippen molar-refractivity contribution in [2.45, 2.75) is 6.42 Å². The van der Waals surface area contributed by atoms with Crippen molar-refractivity contribution < 1.29 is 4.74 Å². The molecular weight excluding hydrogens is 204 g/mol. The first-order valence-electron chi connectivity index (χ1n) is 5.08. The van der Waals surface area contributed by atoms with Gasteiger partial charge in [0.05, 0.1) is 7.11 Å². The summed E-state index contributed by atoms with van der Waals surface area (Å²) in [5.41, 5.74) is 5.53. The molecule has 0 bridgehead atoms. The molecule has 2 N–H and O–H groups in total. The molecule has 0 aliphatic heterocycles. The van der Waals surface area contributed by atoms with E-state index in [1.165, 1.54) is 0 Å². The zero-order chi connectivity index (χ0) is 11.4. The summed E-state index contributed by atoms with van der Waals surface area (Å²) in [4.78, 5) is 8.54. The van der Waals surface area contributed by atoms with E-state index in [4.69, 9.17) is 10.5 Å². The van der Waals surface area contributed by atoms with Crippen molar-refractivity contribution in [1.82, 2.24) is 14.5 Å². The molecule has 0 aliphatic carbocycles. The van der Waals surface area contributed by atoms with Gasteiger partial charge in [-0.25, -0.2) is 9.97 Å². The number of ether oxygens (including phenoxy) is 1. The molecule has 0 amide bonds. The van der Waals surface area contributed by atoms with Gasteiger partial charge in [-0.3, -0.25) is 4.57 Å². The maximum Gasteiger partial charge on any atom is 0.181 e. The highest BCUT2D eigenvalue weighted by Gasteiger charge is 2.09. The lowest BCUT2D eigenvalue weighted by atomic mass is 10.3. The Bertz CT molecular complexity index is 467. The van der Waals surface area contributed by atoms with Crippen LogP contribution in [0.4, 0.5) is 0 Å². The van der Waals surface area contributed by atoms with Crippen LogP contribution >= 0.6 is 0 Å². The van der Waals surface area contributed by atoms with Gasteiger partial charge in [-0.15, -0.1) is 0 Å². The summed E-state index contributed by atoms with van der Waals surface area (Å²) in [7, 11) is 1.63. The lowest BCUT2D eigenvalue weighted by Gasteiger charge is -2.09. The molecule has 16 heavy (non-hydrogen) atoms. The normalized spacial score (nSPS) is 10.4. The molecule has 5 heteroatoms. The van der Waals surface area contributed by atoms with Crippen LogP contribution in [-0.2, 0) is 6.42 Å². The van der Waals surface area contributed by atoms with E-state index in [0.29, 0.717) is 13.0 Å². The van der Waals surface area contributed by atoms with Crippen molar-refractivity contribution in [1.29, 1.82) is 0 Å². The predicted octanol–water partition coefficient (Wildman–Crippen LogP) is 0.777. The summed E-state index contributed by atoms with van der Waals surface area (Å²) < 4.78 is 7.15. The Morgan fingerprint density at radius 1 is 1.38 bits per heavy atom. The van der Waals surface area contributed by atoms with Crippen LogP contribution in [0.2, 0.25) is 0 Å². The minimum absolute atomic E-state index is 0.562. The van der Waals surface area contributed by atoms with E-state index in [-0.39, 0.29) is 0 Å². The number of nitrogens with zero attached hydrogens (tertiary/aromatic N) is 3. The molecule has 0 aliphatic rings. The molecule has 0 saturated heterocycles. The number of aromatic nitrogens is 3. The highest BCUT2D eigenvalue weighted by atomic mass is 16.5. The maximum atomic E-state index is 5.53. The lowest BCUT2D eigenvalue weighted by Crippen LogP contribution is -2.10. The van der Waals surface area contributed by atoms with Gasteiger partial charge in [0.25, 0.3) is 0 Å². The van der Waals surface area contributed by atoms with Gasteiger partial charge < -0.3 is 10.5 Å². The van der Waals surface area contributed by atoms with Gasteiger partial charge in [-0.2, -0.15) is 0 Å². The summed E-state index contributed by atoms with van der Waals surface area (Å²) in [6, 6.07) is 3.70. The zero-order valence-corrected chi connectivity index (χ0v) is 9.13. The zero-order valence-electron chi connectivity index (χ0n) is 9.13. The highest BCUT2D eigenvalue weighted by Crippen LogP contribution is 2.20. The summed E-state index contributed by atoms with van der Waals surface area (Å²) in [5.74, 6) is 2.35. The minimum Gasteiger partial charge on any atom is -0.493 e. The van der Waals surface area contributed by atoms with Crippen molar-refractivity contribution >= 4 is 0 Å². The Labute approximate surface area is 93.9 Å². The molecule has 2 aromatic rings. The highest BCUT2D eigenvalue weighted by molar-refractivity contribution is 5.40. The van der Waals surface area contributed by atoms with Crippen LogP contribution in [0.25, 0.3) is 5.82 Å². The van der Waals surface area contributed by atoms with E-state index in [1.807, 2.05) is 22.9 Å². The third kappa shape index (κ3) is 1.90. The number of hydrogen-bond acceptors (Lipinski definition) is 4. The average Bonchev–Trinajstić information content (AvgIpc) is 2.77. The van der Waals surface area contributed by atoms with E-state index in [9.17, 15) is 0 Å². The monoisotopic (exact) mass is 218 g/mol. The van der Waals surface area contributed by atoms with Crippen molar-refractivity contribution in [2.24, 2.45) is 5.73 Å². The van der Waals surface area contributed by atoms with E-state index >= 15 is 0 Å². The van der Waals surface area contributed by atoms with Gasteiger partial charge >= 0.3 is 0 Å². The fourth-order valence-electron chi connectivity index (χ4n) is 1.56. The van der Waals surface area contributed by atoms with Crippen LogP contribution in [0.1, 0.15) is 5.82 Å². The van der Waals surface area contributed by atoms with Gasteiger partial charge in [0.15, 0.2) is 11.6 Å². The van der Waals surface area contributed by atoms with Crippen LogP contribution < -0.4 is 10.5 Å². The second kappa shape index (κ2) is 4.76. The summed E-state index contributed by atoms with van der Waals surface area (Å²) in [6.45, 7) is 0.562. The van der Waals surface area contributed by atoms with E-state index in [2.05, 4.69) is 9.97 Å². The number of nitrogens with two attached hydrogens (primary N) is 1. The van der Waals surface area contributed by atoms with Gasteiger partial charge in [0.2, 0.25) is 0 Å². The Morgan fingerprint density at radius 2 is 2.25 bits per heavy atom. The van der Waals surface area contributed by atoms with Crippen LogP contribution in [0.3, 0.4) is 0 Å². The van der Waals surface area contributed by atoms with Crippen LogP contribution in [0.15, 0.2) is 30.7 Å². The molecule has 0 aromatic carbocycles. The lowest BCUT2D eigenvalue weighted by molar-refractivity contribution is 0.410. The van der Waals surface area contributed by atoms with E-state index in [0.717, 1.165) is 17.4 Å². The molecule has 0 atom stereocenters. The van der Waals surface area contributed by atoms with Gasteiger partial charge in [0.1, 0.15) is 5.82 Å². The Hall–Kier alpha value is -1.88. The Morgan fingerprint density at radius 3 is 3.00 bits per heavy atom. The van der Waals surface area contributed by atoms with Gasteiger partial charge in [0, 0.05) is 25.0 Å². The molecular formula is C11H14N4O. The Balaban J connectivity index is 2.45. The number of imidazole rings is 1. The van der Waals surface area contributed by atoms with Gasteiger partial charge in [-0.1, -0.05) is 0 Å². The molecule has 0 spiro atoms. The van der Waals surface area contributed by atoms with Crippen LogP contribution in [-0.4, -0.2) is 28.2 Å². The van der Waals surface area contributed by atoms with Crippen molar-refractivity contribution in [3.05, 3.63) is 36.5 Å². The molecule has 2 aromatic heterocycles. The molecule has 0 saturated carbocycles. The minimum atomic E-state index is 0.562. The third-order valence-electron chi connectivity index (χ3n) is 2.28. The SMILES string of the molecule is COc1cccnc1-n1ccnc1CCN. The first kappa shape index (κ1) is 10.6. The van der Waals surface area contributed by atoms with E-state index < -0.39 is 0 Å². The summed E-state index contributed by atoms with van der Waals surface area (Å²) >= 11 is 0. The third-order valence-corrected chi connectivity index (χ3v) is 2.28. The summed E-state index contributed by atoms with van der Waals surface area (Å²) in [5, 5.41) is 0. The summed E-state index contributed by atoms with van der Waals surface area (Å²) in [6.07, 6.45) is 6.03. The quantitative estimate of drug-likeness (QED) is 0.823. The van der Waals surface area contributed by atoms with Gasteiger partial charge in [-0.05, 0) is 18.7 Å². The fourth-order valence-corrected chi connectivity index (χ4v) is 1.56. The molecule has 84 valence electrons. The smallest absolute Gasteiger partial charge is 0.181 e. The van der Waals surface area contributed by atoms with Crippen molar-refractivity contribution in [3.63, 3.8) is 0 Å². The van der Waals surface area contributed by atoms with E-state index in [1.54, 1.807) is 19.5 Å². The molecule has 0 fully saturated rings. The first-order valence-corrected chi connectivity index (χ1v) is 5.08.